The molecule has 1 saturated heterocycles. The van der Waals surface area contributed by atoms with E-state index < -0.39 is 0 Å². The smallest absolute Gasteiger partial charge is 0.257 e. The number of Topliss-reactive ketones (excluding diaryl/α,β-unsaturated/α-hetero) is 1. The lowest BCUT2D eigenvalue weighted by Gasteiger charge is -2.30. The Balaban J connectivity index is 0.000000355. The van der Waals surface area contributed by atoms with Crippen molar-refractivity contribution < 1.29 is 9.59 Å². The number of nitrogens with one attached hydrogen (secondary N) is 2. The number of piperidine rings is 1. The van der Waals surface area contributed by atoms with E-state index in [1.54, 1.807) is 30.3 Å². The minimum Gasteiger partial charge on any atom is -0.361 e. The van der Waals surface area contributed by atoms with Crippen LogP contribution in [0.4, 0.5) is 11.4 Å². The molecule has 1 amide bonds. The highest BCUT2D eigenvalue weighted by Gasteiger charge is 2.26. The number of allylic oxidation sites excluding steroid dienone is 2. The Bertz CT molecular complexity index is 2640. The predicted octanol–water partition coefficient (Wildman–Crippen LogP) is 10.6. The van der Waals surface area contributed by atoms with Crippen LogP contribution in [0, 0.1) is 17.4 Å². The van der Waals surface area contributed by atoms with E-state index in [2.05, 4.69) is 58.0 Å². The summed E-state index contributed by atoms with van der Waals surface area (Å²) in [6, 6.07) is 31.3. The number of carbonyl (C=O) groups is 2. The first-order valence-corrected chi connectivity index (χ1v) is 20.9. The fourth-order valence-corrected chi connectivity index (χ4v) is 9.23. The van der Waals surface area contributed by atoms with Crippen LogP contribution in [0.1, 0.15) is 87.4 Å². The van der Waals surface area contributed by atoms with Gasteiger partial charge in [0.15, 0.2) is 5.78 Å². The Labute approximate surface area is 344 Å². The monoisotopic (exact) mass is 791 g/mol. The van der Waals surface area contributed by atoms with Gasteiger partial charge < -0.3 is 15.5 Å². The maximum absolute atomic E-state index is 14.2. The van der Waals surface area contributed by atoms with Gasteiger partial charge in [-0.1, -0.05) is 102 Å². The molecule has 0 aromatic heterocycles. The third-order valence-corrected chi connectivity index (χ3v) is 12.3. The van der Waals surface area contributed by atoms with E-state index in [9.17, 15) is 9.59 Å². The van der Waals surface area contributed by atoms with Crippen molar-refractivity contribution in [2.45, 2.75) is 57.8 Å². The number of likely N-dealkylation sites (tertiary alicyclic amines) is 1. The highest BCUT2D eigenvalue weighted by atomic mass is 35.5. The van der Waals surface area contributed by atoms with E-state index in [-0.39, 0.29) is 17.6 Å². The van der Waals surface area contributed by atoms with E-state index >= 15 is 0 Å². The first kappa shape index (κ1) is 38.7. The number of carbonyl (C=O) groups excluding carboxylic acids is 2. The van der Waals surface area contributed by atoms with Gasteiger partial charge in [-0.25, -0.2) is 0 Å². The van der Waals surface area contributed by atoms with Gasteiger partial charge in [-0.05, 0) is 157 Å². The molecule has 5 aromatic rings. The Morgan fingerprint density at radius 1 is 0.772 bits per heavy atom. The van der Waals surface area contributed by atoms with Crippen molar-refractivity contribution in [3.8, 4) is 0 Å². The summed E-state index contributed by atoms with van der Waals surface area (Å²) in [6.45, 7) is 5.36. The largest absolute Gasteiger partial charge is 0.361 e. The molecule has 5 aromatic carbocycles. The zero-order valence-corrected chi connectivity index (χ0v) is 33.8. The lowest BCUT2D eigenvalue weighted by molar-refractivity contribution is 0.102. The number of hydrogen-bond donors (Lipinski definition) is 2. The van der Waals surface area contributed by atoms with E-state index in [4.69, 9.17) is 23.2 Å². The lowest BCUT2D eigenvalue weighted by Crippen LogP contribution is -2.32. The zero-order valence-electron chi connectivity index (χ0n) is 32.3. The number of amides is 1. The number of nitrogens with zero attached hydrogens (tertiary/aromatic N) is 1. The SMILES string of the molecule is C1=CNc2ccccc2C=C1.Cc1cc(NC(=O)c2ccccc2Cl)ccc1C(=O)C1=c2ccc3c(c2CCC1)C(CCN1CCCCC1)C=c1c(Cl)cccc1=3. The molecule has 4 aliphatic rings. The van der Waals surface area contributed by atoms with Crippen LogP contribution in [0.5, 0.6) is 0 Å². The van der Waals surface area contributed by atoms with E-state index in [0.29, 0.717) is 21.8 Å². The molecule has 2 heterocycles. The van der Waals surface area contributed by atoms with Gasteiger partial charge in [0.2, 0.25) is 0 Å². The van der Waals surface area contributed by atoms with Crippen LogP contribution in [0.2, 0.25) is 10.0 Å². The molecule has 7 heteroatoms. The molecule has 2 N–H and O–H groups in total. The summed E-state index contributed by atoms with van der Waals surface area (Å²) < 4.78 is 0. The van der Waals surface area contributed by atoms with Crippen LogP contribution in [-0.4, -0.2) is 36.2 Å². The van der Waals surface area contributed by atoms with Gasteiger partial charge in [-0.15, -0.1) is 0 Å². The van der Waals surface area contributed by atoms with Crippen LogP contribution in [0.15, 0.2) is 115 Å². The molecule has 0 spiro atoms. The molecule has 1 unspecified atom stereocenters. The van der Waals surface area contributed by atoms with Gasteiger partial charge in [-0.3, -0.25) is 9.59 Å². The lowest BCUT2D eigenvalue weighted by atomic mass is 9.79. The van der Waals surface area contributed by atoms with E-state index in [1.165, 1.54) is 59.5 Å². The van der Waals surface area contributed by atoms with Gasteiger partial charge >= 0.3 is 0 Å². The van der Waals surface area contributed by atoms with E-state index in [0.717, 1.165) is 64.5 Å². The Hall–Kier alpha value is -5.20. The van der Waals surface area contributed by atoms with Crippen LogP contribution < -0.4 is 21.1 Å². The average molecular weight is 793 g/mol. The second-order valence-electron chi connectivity index (χ2n) is 15.3. The van der Waals surface area contributed by atoms with Gasteiger partial charge in [0, 0.05) is 39.7 Å². The number of halogens is 2. The van der Waals surface area contributed by atoms with Gasteiger partial charge in [0.25, 0.3) is 5.91 Å². The molecule has 2 aliphatic carbocycles. The van der Waals surface area contributed by atoms with E-state index in [1.807, 2.05) is 61.7 Å². The minimum absolute atomic E-state index is 0.0653. The van der Waals surface area contributed by atoms with Gasteiger partial charge in [-0.2, -0.15) is 0 Å². The molecule has 288 valence electrons. The van der Waals surface area contributed by atoms with Crippen LogP contribution >= 0.6 is 23.2 Å². The maximum Gasteiger partial charge on any atom is 0.257 e. The highest BCUT2D eigenvalue weighted by molar-refractivity contribution is 6.34. The molecule has 57 heavy (non-hydrogen) atoms. The van der Waals surface area contributed by atoms with Crippen molar-refractivity contribution in [3.05, 3.63) is 180 Å². The molecular formula is C50H47Cl2N3O2. The summed E-state index contributed by atoms with van der Waals surface area (Å²) in [5, 5.41) is 12.0. The molecule has 1 fully saturated rings. The molecule has 0 saturated carbocycles. The number of benzene rings is 5. The number of hydrogen-bond acceptors (Lipinski definition) is 4. The molecular weight excluding hydrogens is 745 g/mol. The van der Waals surface area contributed by atoms with Crippen molar-refractivity contribution in [1.82, 2.24) is 4.90 Å². The number of fused-ring (bicyclic) bond motifs is 5. The summed E-state index contributed by atoms with van der Waals surface area (Å²) in [4.78, 5) is 29.7. The fourth-order valence-electron chi connectivity index (χ4n) is 8.77. The van der Waals surface area contributed by atoms with Crippen LogP contribution in [0.25, 0.3) is 17.7 Å². The molecule has 0 bridgehead atoms. The van der Waals surface area contributed by atoms with Gasteiger partial charge in [0.1, 0.15) is 0 Å². The molecule has 0 radical (unpaired) electrons. The fraction of sp³-hybridized carbons (Fsp3) is 0.240. The van der Waals surface area contributed by atoms with Crippen molar-refractivity contribution in [1.29, 1.82) is 0 Å². The Morgan fingerprint density at radius 2 is 1.56 bits per heavy atom. The number of para-hydroxylation sites is 1. The first-order chi connectivity index (χ1) is 27.9. The van der Waals surface area contributed by atoms with Crippen molar-refractivity contribution in [3.63, 3.8) is 0 Å². The first-order valence-electron chi connectivity index (χ1n) is 20.1. The number of anilines is 2. The Morgan fingerprint density at radius 3 is 2.40 bits per heavy atom. The third-order valence-electron chi connectivity index (χ3n) is 11.6. The molecule has 1 atom stereocenters. The second-order valence-corrected chi connectivity index (χ2v) is 16.1. The van der Waals surface area contributed by atoms with Gasteiger partial charge in [0.05, 0.1) is 10.6 Å². The predicted molar refractivity (Wildman–Crippen MR) is 236 cm³/mol. The van der Waals surface area contributed by atoms with Crippen LogP contribution in [-0.2, 0) is 6.42 Å². The summed E-state index contributed by atoms with van der Waals surface area (Å²) in [6.07, 6.45) is 18.0. The number of aryl methyl sites for hydroxylation is 1. The summed E-state index contributed by atoms with van der Waals surface area (Å²) in [5.41, 5.74) is 8.52. The molecule has 9 rings (SSSR count). The normalized spacial score (nSPS) is 16.6. The molecule has 5 nitrogen and oxygen atoms in total. The van der Waals surface area contributed by atoms with Crippen LogP contribution in [0.3, 0.4) is 0 Å². The van der Waals surface area contributed by atoms with Crippen molar-refractivity contribution in [2.75, 3.05) is 30.3 Å². The third kappa shape index (κ3) is 8.43. The van der Waals surface area contributed by atoms with Crippen molar-refractivity contribution in [2.24, 2.45) is 0 Å². The quantitative estimate of drug-likeness (QED) is 0.161. The summed E-state index contributed by atoms with van der Waals surface area (Å²) in [7, 11) is 0. The second kappa shape index (κ2) is 17.5. The summed E-state index contributed by atoms with van der Waals surface area (Å²) >= 11 is 13.0. The highest BCUT2D eigenvalue weighted by Crippen LogP contribution is 2.33. The topological polar surface area (TPSA) is 61.4 Å². The Kier molecular flexibility index (Phi) is 11.9. The zero-order chi connectivity index (χ0) is 39.3. The molecule has 2 aliphatic heterocycles. The number of ketones is 1. The minimum atomic E-state index is -0.279. The number of rotatable bonds is 7. The average Bonchev–Trinajstić information content (AvgIpc) is 3.49. The standard InChI is InChI=1S/C40H38Cl2N2O2.C10H9N/c1-25-23-27(43-40(46)34-9-3-4-13-36(34)41)15-16-28(25)39(45)33-12-7-11-31-30(33)17-18-32-29-10-8-14-37(42)35(29)24-26(38(31)32)19-22-44-20-5-2-6-21-44;1-2-7-10-9(5-1)6-3-4-8-11-10/h3-4,8-10,13-18,23-24,26H,2,5-7,11-12,19-22H2,1H3,(H,43,46);1-8,11H. The summed E-state index contributed by atoms with van der Waals surface area (Å²) in [5.74, 6) is 0.0332. The maximum atomic E-state index is 14.2. The van der Waals surface area contributed by atoms with Crippen molar-refractivity contribution >= 4 is 64.0 Å².